The van der Waals surface area contributed by atoms with Gasteiger partial charge in [0.2, 0.25) is 0 Å². The minimum Gasteiger partial charge on any atom is -0.399 e. The molecular weight excluding hydrogens is 254 g/mol. The lowest BCUT2D eigenvalue weighted by Crippen LogP contribution is -2.15. The third kappa shape index (κ3) is 1.81. The quantitative estimate of drug-likeness (QED) is 0.850. The highest BCUT2D eigenvalue weighted by atomic mass is 16.5. The van der Waals surface area contributed by atoms with E-state index in [1.54, 1.807) is 0 Å². The van der Waals surface area contributed by atoms with Crippen molar-refractivity contribution in [2.75, 3.05) is 5.73 Å². The fourth-order valence-corrected chi connectivity index (χ4v) is 3.27. The van der Waals surface area contributed by atoms with Gasteiger partial charge in [0.05, 0.1) is 18.1 Å². The van der Waals surface area contributed by atoms with E-state index in [1.807, 2.05) is 25.1 Å². The van der Waals surface area contributed by atoms with Gasteiger partial charge >= 0.3 is 0 Å². The molecule has 2 bridgehead atoms. The fourth-order valence-electron chi connectivity index (χ4n) is 3.27. The van der Waals surface area contributed by atoms with Gasteiger partial charge in [-0.1, -0.05) is 11.2 Å². The summed E-state index contributed by atoms with van der Waals surface area (Å²) in [5.74, 6) is 1.61. The van der Waals surface area contributed by atoms with Crippen molar-refractivity contribution in [2.24, 2.45) is 0 Å². The Bertz CT molecular complexity index is 652. The lowest BCUT2D eigenvalue weighted by molar-refractivity contribution is 0.0996. The predicted molar refractivity (Wildman–Crippen MR) is 74.1 cm³/mol. The van der Waals surface area contributed by atoms with Crippen LogP contribution in [0.4, 0.5) is 5.69 Å². The molecule has 2 aliphatic heterocycles. The molecule has 1 aromatic heterocycles. The Morgan fingerprint density at radius 1 is 1.30 bits per heavy atom. The first kappa shape index (κ1) is 11.9. The Labute approximate surface area is 117 Å². The molecule has 4 rings (SSSR count). The second-order valence-corrected chi connectivity index (χ2v) is 5.75. The molecule has 2 saturated heterocycles. The number of aryl methyl sites for hydroxylation is 1. The summed E-state index contributed by atoms with van der Waals surface area (Å²) in [6.45, 7) is 2.01. The first-order valence-electron chi connectivity index (χ1n) is 7.06. The van der Waals surface area contributed by atoms with Gasteiger partial charge in [-0.2, -0.15) is 4.98 Å². The Hall–Kier alpha value is -1.88. The number of ether oxygens (including phenoxy) is 1. The third-order valence-corrected chi connectivity index (χ3v) is 4.37. The van der Waals surface area contributed by atoms with Crippen LogP contribution in [0.5, 0.6) is 0 Å². The summed E-state index contributed by atoms with van der Waals surface area (Å²) in [7, 11) is 0. The number of nitrogens with zero attached hydrogens (tertiary/aromatic N) is 2. The van der Waals surface area contributed by atoms with E-state index in [1.165, 1.54) is 6.42 Å². The molecule has 0 radical (unpaired) electrons. The third-order valence-electron chi connectivity index (χ3n) is 4.37. The van der Waals surface area contributed by atoms with Crippen molar-refractivity contribution in [3.63, 3.8) is 0 Å². The van der Waals surface area contributed by atoms with E-state index in [2.05, 4.69) is 10.1 Å². The molecule has 104 valence electrons. The summed E-state index contributed by atoms with van der Waals surface area (Å²) in [4.78, 5) is 4.57. The maximum atomic E-state index is 5.86. The van der Waals surface area contributed by atoms with Crippen LogP contribution in [0.2, 0.25) is 0 Å². The zero-order valence-electron chi connectivity index (χ0n) is 11.4. The molecule has 2 fully saturated rings. The molecular formula is C15H17N3O2. The number of anilines is 1. The van der Waals surface area contributed by atoms with Gasteiger partial charge in [-0.3, -0.25) is 0 Å². The summed E-state index contributed by atoms with van der Waals surface area (Å²) >= 11 is 0. The van der Waals surface area contributed by atoms with Gasteiger partial charge in [-0.15, -0.1) is 0 Å². The Morgan fingerprint density at radius 2 is 2.20 bits per heavy atom. The Balaban J connectivity index is 1.66. The minimum atomic E-state index is 0.271. The van der Waals surface area contributed by atoms with E-state index < -0.39 is 0 Å². The lowest BCUT2D eigenvalue weighted by Gasteiger charge is -2.13. The van der Waals surface area contributed by atoms with Gasteiger partial charge in [0, 0.05) is 11.3 Å². The summed E-state index contributed by atoms with van der Waals surface area (Å²) in [6.07, 6.45) is 3.95. The number of aromatic nitrogens is 2. The van der Waals surface area contributed by atoms with Gasteiger partial charge in [-0.25, -0.2) is 0 Å². The van der Waals surface area contributed by atoms with Gasteiger partial charge in [-0.05, 0) is 43.9 Å². The van der Waals surface area contributed by atoms with Crippen LogP contribution in [0.1, 0.15) is 36.6 Å². The van der Waals surface area contributed by atoms with E-state index in [0.717, 1.165) is 29.8 Å². The molecule has 0 aliphatic carbocycles. The first-order chi connectivity index (χ1) is 9.70. The van der Waals surface area contributed by atoms with Gasteiger partial charge in [0.1, 0.15) is 0 Å². The number of benzene rings is 1. The van der Waals surface area contributed by atoms with E-state index in [9.17, 15) is 0 Å². The van der Waals surface area contributed by atoms with Gasteiger partial charge in [0.25, 0.3) is 5.89 Å². The monoisotopic (exact) mass is 271 g/mol. The second-order valence-electron chi connectivity index (χ2n) is 5.75. The van der Waals surface area contributed by atoms with E-state index in [0.29, 0.717) is 17.7 Å². The number of rotatable bonds is 2. The van der Waals surface area contributed by atoms with Crippen LogP contribution in [-0.2, 0) is 4.74 Å². The normalized spacial score (nSPS) is 28.1. The highest BCUT2D eigenvalue weighted by Gasteiger charge is 2.43. The van der Waals surface area contributed by atoms with E-state index in [-0.39, 0.29) is 12.0 Å². The number of fused-ring (bicyclic) bond motifs is 2. The summed E-state index contributed by atoms with van der Waals surface area (Å²) < 4.78 is 11.3. The first-order valence-corrected chi connectivity index (χ1v) is 7.06. The van der Waals surface area contributed by atoms with Crippen molar-refractivity contribution in [3.8, 4) is 11.5 Å². The average molecular weight is 271 g/mol. The van der Waals surface area contributed by atoms with Crippen molar-refractivity contribution >= 4 is 5.69 Å². The van der Waals surface area contributed by atoms with E-state index >= 15 is 0 Å². The molecule has 3 atom stereocenters. The topological polar surface area (TPSA) is 74.2 Å². The second kappa shape index (κ2) is 4.31. The molecule has 2 N–H and O–H groups in total. The standard InChI is InChI=1S/C15H17N3O2/c1-8-2-3-9(16)6-11(8)15-17-14(18-20-15)12-7-10-4-5-13(12)19-10/h2-3,6,10,12-13H,4-5,7,16H2,1H3. The molecule has 0 saturated carbocycles. The average Bonchev–Trinajstić information content (AvgIpc) is 3.15. The van der Waals surface area contributed by atoms with Gasteiger partial charge < -0.3 is 15.0 Å². The molecule has 1 aromatic carbocycles. The van der Waals surface area contributed by atoms with Crippen molar-refractivity contribution < 1.29 is 9.26 Å². The van der Waals surface area contributed by atoms with Crippen molar-refractivity contribution in [1.29, 1.82) is 0 Å². The SMILES string of the molecule is Cc1ccc(N)cc1-c1nc(C2CC3CCC2O3)no1. The molecule has 2 aromatic rings. The molecule has 0 amide bonds. The van der Waals surface area contributed by atoms with Crippen LogP contribution in [0, 0.1) is 6.92 Å². The molecule has 5 heteroatoms. The maximum Gasteiger partial charge on any atom is 0.258 e. The number of hydrogen-bond donors (Lipinski definition) is 1. The Morgan fingerprint density at radius 3 is 2.95 bits per heavy atom. The van der Waals surface area contributed by atoms with Crippen molar-refractivity contribution in [1.82, 2.24) is 10.1 Å². The summed E-state index contributed by atoms with van der Waals surface area (Å²) in [6, 6.07) is 5.72. The van der Waals surface area contributed by atoms with Crippen LogP contribution < -0.4 is 5.73 Å². The van der Waals surface area contributed by atoms with Crippen LogP contribution in [0.3, 0.4) is 0 Å². The van der Waals surface area contributed by atoms with Crippen LogP contribution in [-0.4, -0.2) is 22.3 Å². The molecule has 3 unspecified atom stereocenters. The smallest absolute Gasteiger partial charge is 0.258 e. The molecule has 20 heavy (non-hydrogen) atoms. The summed E-state index contributed by atoms with van der Waals surface area (Å²) in [5.41, 5.74) is 8.53. The summed E-state index contributed by atoms with van der Waals surface area (Å²) in [5, 5.41) is 4.16. The number of hydrogen-bond acceptors (Lipinski definition) is 5. The number of nitrogen functional groups attached to an aromatic ring is 1. The zero-order valence-corrected chi connectivity index (χ0v) is 11.4. The van der Waals surface area contributed by atoms with E-state index in [4.69, 9.17) is 15.0 Å². The number of nitrogens with two attached hydrogens (primary N) is 1. The van der Waals surface area contributed by atoms with Crippen LogP contribution in [0.15, 0.2) is 22.7 Å². The highest BCUT2D eigenvalue weighted by Crippen LogP contribution is 2.43. The van der Waals surface area contributed by atoms with Crippen molar-refractivity contribution in [3.05, 3.63) is 29.6 Å². The van der Waals surface area contributed by atoms with Crippen LogP contribution in [0.25, 0.3) is 11.5 Å². The molecule has 5 nitrogen and oxygen atoms in total. The fraction of sp³-hybridized carbons (Fsp3) is 0.467. The maximum absolute atomic E-state index is 5.86. The van der Waals surface area contributed by atoms with Crippen LogP contribution >= 0.6 is 0 Å². The van der Waals surface area contributed by atoms with Crippen molar-refractivity contribution in [2.45, 2.75) is 44.3 Å². The van der Waals surface area contributed by atoms with Gasteiger partial charge in [0.15, 0.2) is 5.82 Å². The zero-order chi connectivity index (χ0) is 13.7. The molecule has 0 spiro atoms. The minimum absolute atomic E-state index is 0.271. The molecule has 3 heterocycles. The Kier molecular flexibility index (Phi) is 2.57. The largest absolute Gasteiger partial charge is 0.399 e. The predicted octanol–water partition coefficient (Wildman–Crippen LogP) is 2.66. The lowest BCUT2D eigenvalue weighted by atomic mass is 9.89. The highest BCUT2D eigenvalue weighted by molar-refractivity contribution is 5.63. The molecule has 2 aliphatic rings.